The molecule has 1 aliphatic carbocycles. The van der Waals surface area contributed by atoms with Gasteiger partial charge in [-0.05, 0) is 72.4 Å². The fraction of sp³-hybridized carbons (Fsp3) is 0.476. The number of fused-ring (bicyclic) bond motifs is 1. The van der Waals surface area contributed by atoms with Crippen molar-refractivity contribution < 1.29 is 0 Å². The molecule has 0 aliphatic heterocycles. The summed E-state index contributed by atoms with van der Waals surface area (Å²) in [6.45, 7) is 3.75. The molecule has 2 heterocycles. The smallest absolute Gasteiger partial charge is 0.227 e. The lowest BCUT2D eigenvalue weighted by atomic mass is 9.92. The number of aromatic nitrogens is 4. The summed E-state index contributed by atoms with van der Waals surface area (Å²) in [5.41, 5.74) is 8.96. The molecule has 0 radical (unpaired) electrons. The summed E-state index contributed by atoms with van der Waals surface area (Å²) in [5.74, 6) is 1.44. The standard InChI is InChI=1S/C21H28IN7/c1-2-10-29-13-25-18-19(24-12-14-4-3-5-15(22)11-14)27-21(28-20(18)29)26-17-8-6-16(23)7-9-17/h3-5,11,13,16-17H,2,6-10,12,23H2,1H3,(H2,24,26,27,28). The summed E-state index contributed by atoms with van der Waals surface area (Å²) in [6.07, 6.45) is 7.10. The first-order valence-corrected chi connectivity index (χ1v) is 11.4. The molecule has 8 heteroatoms. The second kappa shape index (κ2) is 9.25. The largest absolute Gasteiger partial charge is 0.364 e. The Morgan fingerprint density at radius 3 is 2.79 bits per heavy atom. The number of halogens is 1. The quantitative estimate of drug-likeness (QED) is 0.418. The SMILES string of the molecule is CCCn1cnc2c(NCc3cccc(I)c3)nc(NC3CCC(N)CC3)nc21. The van der Waals surface area contributed by atoms with Gasteiger partial charge in [-0.1, -0.05) is 19.1 Å². The molecule has 2 aromatic heterocycles. The van der Waals surface area contributed by atoms with Gasteiger partial charge in [-0.2, -0.15) is 9.97 Å². The number of hydrogen-bond acceptors (Lipinski definition) is 6. The van der Waals surface area contributed by atoms with Gasteiger partial charge < -0.3 is 20.9 Å². The van der Waals surface area contributed by atoms with Crippen LogP contribution in [0.1, 0.15) is 44.6 Å². The van der Waals surface area contributed by atoms with E-state index in [0.29, 0.717) is 24.6 Å². The van der Waals surface area contributed by atoms with E-state index in [-0.39, 0.29) is 0 Å². The molecule has 29 heavy (non-hydrogen) atoms. The van der Waals surface area contributed by atoms with Gasteiger partial charge in [-0.3, -0.25) is 0 Å². The molecule has 0 saturated heterocycles. The van der Waals surface area contributed by atoms with Gasteiger partial charge in [0.25, 0.3) is 0 Å². The molecule has 1 aromatic carbocycles. The van der Waals surface area contributed by atoms with Gasteiger partial charge in [-0.15, -0.1) is 0 Å². The third kappa shape index (κ3) is 4.98. The van der Waals surface area contributed by atoms with Crippen LogP contribution in [0.4, 0.5) is 11.8 Å². The van der Waals surface area contributed by atoms with Crippen LogP contribution in [0.15, 0.2) is 30.6 Å². The Balaban J connectivity index is 1.60. The second-order valence-corrected chi connectivity index (χ2v) is 8.99. The minimum absolute atomic E-state index is 0.327. The lowest BCUT2D eigenvalue weighted by Crippen LogP contribution is -2.33. The molecule has 0 amide bonds. The van der Waals surface area contributed by atoms with Gasteiger partial charge in [0.2, 0.25) is 5.95 Å². The van der Waals surface area contributed by atoms with E-state index >= 15 is 0 Å². The van der Waals surface area contributed by atoms with Crippen molar-refractivity contribution in [2.75, 3.05) is 10.6 Å². The normalized spacial score (nSPS) is 19.4. The molecular weight excluding hydrogens is 477 g/mol. The molecular formula is C21H28IN7. The number of rotatable bonds is 7. The summed E-state index contributed by atoms with van der Waals surface area (Å²) >= 11 is 2.34. The average molecular weight is 505 g/mol. The van der Waals surface area contributed by atoms with E-state index in [9.17, 15) is 0 Å². The fourth-order valence-corrected chi connectivity index (χ4v) is 4.42. The maximum atomic E-state index is 6.05. The van der Waals surface area contributed by atoms with Crippen LogP contribution in [0.25, 0.3) is 11.2 Å². The van der Waals surface area contributed by atoms with Crippen LogP contribution < -0.4 is 16.4 Å². The maximum Gasteiger partial charge on any atom is 0.227 e. The first-order chi connectivity index (χ1) is 14.1. The Hall–Kier alpha value is -1.94. The number of anilines is 2. The van der Waals surface area contributed by atoms with Crippen LogP contribution in [0, 0.1) is 3.57 Å². The topological polar surface area (TPSA) is 93.7 Å². The highest BCUT2D eigenvalue weighted by atomic mass is 127. The molecule has 0 atom stereocenters. The van der Waals surface area contributed by atoms with Crippen LogP contribution in [0.5, 0.6) is 0 Å². The minimum Gasteiger partial charge on any atom is -0.364 e. The fourth-order valence-electron chi connectivity index (χ4n) is 3.82. The van der Waals surface area contributed by atoms with E-state index in [1.807, 2.05) is 6.33 Å². The average Bonchev–Trinajstić information content (AvgIpc) is 3.11. The van der Waals surface area contributed by atoms with Crippen LogP contribution in [0.3, 0.4) is 0 Å². The minimum atomic E-state index is 0.327. The predicted octanol–water partition coefficient (Wildman–Crippen LogP) is 4.13. The number of benzene rings is 1. The summed E-state index contributed by atoms with van der Waals surface area (Å²) in [6, 6.07) is 9.16. The van der Waals surface area contributed by atoms with Crippen molar-refractivity contribution in [2.24, 2.45) is 5.73 Å². The highest BCUT2D eigenvalue weighted by molar-refractivity contribution is 14.1. The molecule has 7 nitrogen and oxygen atoms in total. The van der Waals surface area contributed by atoms with Crippen molar-refractivity contribution in [3.8, 4) is 0 Å². The monoisotopic (exact) mass is 505 g/mol. The summed E-state index contributed by atoms with van der Waals surface area (Å²) in [7, 11) is 0. The Morgan fingerprint density at radius 1 is 1.21 bits per heavy atom. The Labute approximate surface area is 185 Å². The van der Waals surface area contributed by atoms with E-state index in [4.69, 9.17) is 15.7 Å². The van der Waals surface area contributed by atoms with Gasteiger partial charge in [0.05, 0.1) is 6.33 Å². The maximum absolute atomic E-state index is 6.05. The van der Waals surface area contributed by atoms with Crippen LogP contribution in [-0.4, -0.2) is 31.6 Å². The third-order valence-electron chi connectivity index (χ3n) is 5.38. The Morgan fingerprint density at radius 2 is 2.03 bits per heavy atom. The molecule has 0 spiro atoms. The molecule has 1 saturated carbocycles. The third-order valence-corrected chi connectivity index (χ3v) is 6.05. The van der Waals surface area contributed by atoms with Crippen LogP contribution in [-0.2, 0) is 13.1 Å². The first kappa shape index (κ1) is 20.3. The zero-order valence-electron chi connectivity index (χ0n) is 16.7. The number of imidazole rings is 1. The van der Waals surface area contributed by atoms with E-state index < -0.39 is 0 Å². The lowest BCUT2D eigenvalue weighted by molar-refractivity contribution is 0.410. The molecule has 154 valence electrons. The van der Waals surface area contributed by atoms with Crippen LogP contribution in [0.2, 0.25) is 0 Å². The lowest BCUT2D eigenvalue weighted by Gasteiger charge is -2.26. The first-order valence-electron chi connectivity index (χ1n) is 10.4. The molecule has 1 fully saturated rings. The predicted molar refractivity (Wildman–Crippen MR) is 126 cm³/mol. The number of nitrogens with zero attached hydrogens (tertiary/aromatic N) is 4. The van der Waals surface area contributed by atoms with Gasteiger partial charge in [0.1, 0.15) is 0 Å². The Kier molecular flexibility index (Phi) is 6.49. The summed E-state index contributed by atoms with van der Waals surface area (Å²) < 4.78 is 3.33. The highest BCUT2D eigenvalue weighted by Crippen LogP contribution is 2.25. The number of nitrogens with one attached hydrogen (secondary N) is 2. The highest BCUT2D eigenvalue weighted by Gasteiger charge is 2.20. The summed E-state index contributed by atoms with van der Waals surface area (Å²) in [5, 5.41) is 7.02. The molecule has 0 bridgehead atoms. The van der Waals surface area contributed by atoms with E-state index in [0.717, 1.165) is 55.6 Å². The van der Waals surface area contributed by atoms with Crippen molar-refractivity contribution >= 4 is 45.5 Å². The zero-order valence-corrected chi connectivity index (χ0v) is 18.9. The van der Waals surface area contributed by atoms with E-state index in [1.165, 1.54) is 9.13 Å². The number of nitrogens with two attached hydrogens (primary N) is 1. The van der Waals surface area contributed by atoms with Crippen LogP contribution >= 0.6 is 22.6 Å². The van der Waals surface area contributed by atoms with Gasteiger partial charge in [0, 0.05) is 28.7 Å². The van der Waals surface area contributed by atoms with E-state index in [1.54, 1.807) is 0 Å². The van der Waals surface area contributed by atoms with Crippen molar-refractivity contribution in [3.05, 3.63) is 39.7 Å². The number of hydrogen-bond donors (Lipinski definition) is 3. The van der Waals surface area contributed by atoms with Crippen molar-refractivity contribution in [1.82, 2.24) is 19.5 Å². The van der Waals surface area contributed by atoms with Crippen molar-refractivity contribution in [2.45, 2.75) is 64.2 Å². The zero-order chi connectivity index (χ0) is 20.2. The number of aryl methyl sites for hydroxylation is 1. The van der Waals surface area contributed by atoms with Gasteiger partial charge in [0.15, 0.2) is 17.0 Å². The molecule has 1 aliphatic rings. The molecule has 0 unspecified atom stereocenters. The van der Waals surface area contributed by atoms with Gasteiger partial charge >= 0.3 is 0 Å². The van der Waals surface area contributed by atoms with Crippen molar-refractivity contribution in [1.29, 1.82) is 0 Å². The van der Waals surface area contributed by atoms with Gasteiger partial charge in [-0.25, -0.2) is 4.98 Å². The molecule has 3 aromatic rings. The second-order valence-electron chi connectivity index (χ2n) is 7.75. The summed E-state index contributed by atoms with van der Waals surface area (Å²) in [4.78, 5) is 14.2. The molecule has 4 rings (SSSR count). The molecule has 4 N–H and O–H groups in total. The Bertz CT molecular complexity index is 963. The van der Waals surface area contributed by atoms with Crippen molar-refractivity contribution in [3.63, 3.8) is 0 Å². The van der Waals surface area contributed by atoms with E-state index in [2.05, 4.69) is 74.0 Å².